The molecule has 6 heteroatoms. The third-order valence-electron chi connectivity index (χ3n) is 4.78. The first-order valence-corrected chi connectivity index (χ1v) is 10.0. The predicted octanol–water partition coefficient (Wildman–Crippen LogP) is 4.29. The highest BCUT2D eigenvalue weighted by Gasteiger charge is 2.28. The summed E-state index contributed by atoms with van der Waals surface area (Å²) in [5.41, 5.74) is 2.98. The minimum Gasteiger partial charge on any atom is -0.490 e. The minimum atomic E-state index is -0.135. The van der Waals surface area contributed by atoms with E-state index in [0.29, 0.717) is 54.7 Å². The molecular weight excluding hydrogens is 370 g/mol. The zero-order valence-electron chi connectivity index (χ0n) is 17.4. The van der Waals surface area contributed by atoms with Crippen LogP contribution in [0.1, 0.15) is 54.0 Å². The Labute approximate surface area is 171 Å². The molecule has 6 nitrogen and oxygen atoms in total. The molecule has 0 fully saturated rings. The molecule has 0 radical (unpaired) electrons. The van der Waals surface area contributed by atoms with Crippen molar-refractivity contribution in [1.29, 1.82) is 0 Å². The molecule has 1 amide bonds. The number of carbonyl (C=O) groups is 2. The lowest BCUT2D eigenvalue weighted by atomic mass is 10.1. The summed E-state index contributed by atoms with van der Waals surface area (Å²) in [6, 6.07) is 8.91. The van der Waals surface area contributed by atoms with Gasteiger partial charge in [-0.3, -0.25) is 9.59 Å². The van der Waals surface area contributed by atoms with Gasteiger partial charge in [-0.25, -0.2) is 0 Å². The number of benzene rings is 2. The van der Waals surface area contributed by atoms with Gasteiger partial charge in [0.25, 0.3) is 5.91 Å². The van der Waals surface area contributed by atoms with Crippen molar-refractivity contribution in [2.24, 2.45) is 0 Å². The van der Waals surface area contributed by atoms with Crippen LogP contribution in [0.5, 0.6) is 17.2 Å². The molecule has 2 aromatic carbocycles. The number of ether oxygens (including phenoxy) is 3. The van der Waals surface area contributed by atoms with E-state index in [-0.39, 0.29) is 11.7 Å². The summed E-state index contributed by atoms with van der Waals surface area (Å²) < 4.78 is 17.2. The number of nitrogens with zero attached hydrogens (tertiary/aromatic N) is 1. The van der Waals surface area contributed by atoms with Gasteiger partial charge in [-0.05, 0) is 70.0 Å². The highest BCUT2D eigenvalue weighted by atomic mass is 16.5. The molecule has 0 aromatic heterocycles. The number of hydrogen-bond acceptors (Lipinski definition) is 5. The maximum Gasteiger partial charge on any atom is 0.258 e. The van der Waals surface area contributed by atoms with Gasteiger partial charge in [0, 0.05) is 23.4 Å². The first-order valence-electron chi connectivity index (χ1n) is 10.0. The Bertz CT molecular complexity index is 894. The predicted molar refractivity (Wildman–Crippen MR) is 112 cm³/mol. The van der Waals surface area contributed by atoms with Gasteiger partial charge in [-0.15, -0.1) is 0 Å². The number of anilines is 1. The van der Waals surface area contributed by atoms with Gasteiger partial charge >= 0.3 is 0 Å². The highest BCUT2D eigenvalue weighted by Crippen LogP contribution is 2.40. The Kier molecular flexibility index (Phi) is 6.42. The van der Waals surface area contributed by atoms with Crippen LogP contribution in [0.2, 0.25) is 0 Å². The molecule has 0 bridgehead atoms. The van der Waals surface area contributed by atoms with Gasteiger partial charge in [-0.1, -0.05) is 0 Å². The number of fused-ring (bicyclic) bond motifs is 1. The Balaban J connectivity index is 1.99. The lowest BCUT2D eigenvalue weighted by Crippen LogP contribution is -2.29. The number of carbonyl (C=O) groups excluding carboxylic acids is 2. The zero-order valence-corrected chi connectivity index (χ0v) is 17.4. The van der Waals surface area contributed by atoms with Crippen LogP contribution in [-0.4, -0.2) is 38.1 Å². The number of rotatable bonds is 8. The van der Waals surface area contributed by atoms with E-state index in [1.165, 1.54) is 0 Å². The fourth-order valence-electron chi connectivity index (χ4n) is 3.50. The van der Waals surface area contributed by atoms with E-state index in [9.17, 15) is 9.59 Å². The van der Waals surface area contributed by atoms with Crippen molar-refractivity contribution in [3.8, 4) is 17.2 Å². The molecule has 3 rings (SSSR count). The van der Waals surface area contributed by atoms with E-state index >= 15 is 0 Å². The Morgan fingerprint density at radius 3 is 2.07 bits per heavy atom. The molecule has 0 atom stereocenters. The second kappa shape index (κ2) is 8.99. The molecule has 2 aromatic rings. The minimum absolute atomic E-state index is 0.0202. The standard InChI is InChI=1S/C23H27NO5/c1-5-27-20-13-18(14-21(28-6-2)22(20)29-7-3)23(26)24-11-10-17-12-16(15(4)25)8-9-19(17)24/h8-9,12-14H,5-7,10-11H2,1-4H3. The van der Waals surface area contributed by atoms with Gasteiger partial charge < -0.3 is 19.1 Å². The normalized spacial score (nSPS) is 12.5. The van der Waals surface area contributed by atoms with Crippen LogP contribution < -0.4 is 19.1 Å². The molecule has 0 saturated carbocycles. The maximum atomic E-state index is 13.3. The van der Waals surface area contributed by atoms with Gasteiger partial charge in [0.1, 0.15) is 0 Å². The van der Waals surface area contributed by atoms with Crippen molar-refractivity contribution in [2.45, 2.75) is 34.1 Å². The molecule has 0 N–H and O–H groups in total. The van der Waals surface area contributed by atoms with Crippen LogP contribution in [-0.2, 0) is 6.42 Å². The molecule has 0 spiro atoms. The van der Waals surface area contributed by atoms with Crippen LogP contribution in [0.25, 0.3) is 0 Å². The number of Topliss-reactive ketones (excluding diaryl/α,β-unsaturated/α-hetero) is 1. The van der Waals surface area contributed by atoms with E-state index in [1.54, 1.807) is 30.0 Å². The van der Waals surface area contributed by atoms with Crippen molar-refractivity contribution in [1.82, 2.24) is 0 Å². The zero-order chi connectivity index (χ0) is 21.0. The molecule has 1 aliphatic rings. The molecule has 154 valence electrons. The topological polar surface area (TPSA) is 65.1 Å². The fraction of sp³-hybridized carbons (Fsp3) is 0.391. The molecule has 0 unspecified atom stereocenters. The van der Waals surface area contributed by atoms with Gasteiger partial charge in [0.15, 0.2) is 17.3 Å². The van der Waals surface area contributed by atoms with Crippen LogP contribution in [0.15, 0.2) is 30.3 Å². The highest BCUT2D eigenvalue weighted by molar-refractivity contribution is 6.08. The van der Waals surface area contributed by atoms with Crippen LogP contribution in [0.3, 0.4) is 0 Å². The van der Waals surface area contributed by atoms with Crippen molar-refractivity contribution >= 4 is 17.4 Å². The SMILES string of the molecule is CCOc1cc(C(=O)N2CCc3cc(C(C)=O)ccc32)cc(OCC)c1OCC. The fourth-order valence-corrected chi connectivity index (χ4v) is 3.50. The van der Waals surface area contributed by atoms with Crippen LogP contribution in [0, 0.1) is 0 Å². The smallest absolute Gasteiger partial charge is 0.258 e. The van der Waals surface area contributed by atoms with Crippen molar-refractivity contribution in [2.75, 3.05) is 31.3 Å². The van der Waals surface area contributed by atoms with E-state index in [4.69, 9.17) is 14.2 Å². The number of ketones is 1. The average molecular weight is 397 g/mol. The molecule has 0 saturated heterocycles. The molecule has 0 aliphatic carbocycles. The molecular formula is C23H27NO5. The van der Waals surface area contributed by atoms with Gasteiger partial charge in [0.05, 0.1) is 19.8 Å². The number of amides is 1. The van der Waals surface area contributed by atoms with E-state index in [2.05, 4.69) is 0 Å². The lowest BCUT2D eigenvalue weighted by Gasteiger charge is -2.20. The van der Waals surface area contributed by atoms with E-state index < -0.39 is 0 Å². The van der Waals surface area contributed by atoms with Crippen molar-refractivity contribution in [3.05, 3.63) is 47.0 Å². The molecule has 1 heterocycles. The Hall–Kier alpha value is -3.02. The quantitative estimate of drug-likeness (QED) is 0.622. The summed E-state index contributed by atoms with van der Waals surface area (Å²) >= 11 is 0. The average Bonchev–Trinajstić information content (AvgIpc) is 3.13. The third kappa shape index (κ3) is 4.21. The summed E-state index contributed by atoms with van der Waals surface area (Å²) in [5.74, 6) is 1.39. The van der Waals surface area contributed by atoms with Crippen molar-refractivity contribution in [3.63, 3.8) is 0 Å². The van der Waals surface area contributed by atoms with Gasteiger partial charge in [-0.2, -0.15) is 0 Å². The lowest BCUT2D eigenvalue weighted by molar-refractivity contribution is 0.0986. The van der Waals surface area contributed by atoms with E-state index in [1.807, 2.05) is 32.9 Å². The summed E-state index contributed by atoms with van der Waals surface area (Å²) in [7, 11) is 0. The maximum absolute atomic E-state index is 13.3. The molecule has 29 heavy (non-hydrogen) atoms. The third-order valence-corrected chi connectivity index (χ3v) is 4.78. The summed E-state index contributed by atoms with van der Waals surface area (Å²) in [4.78, 5) is 26.7. The Morgan fingerprint density at radius 2 is 1.52 bits per heavy atom. The van der Waals surface area contributed by atoms with E-state index in [0.717, 1.165) is 17.7 Å². The van der Waals surface area contributed by atoms with Crippen molar-refractivity contribution < 1.29 is 23.8 Å². The largest absolute Gasteiger partial charge is 0.490 e. The van der Waals surface area contributed by atoms with Crippen LogP contribution in [0.4, 0.5) is 5.69 Å². The monoisotopic (exact) mass is 397 g/mol. The first-order chi connectivity index (χ1) is 14.0. The Morgan fingerprint density at radius 1 is 0.897 bits per heavy atom. The summed E-state index contributed by atoms with van der Waals surface area (Å²) in [6.07, 6.45) is 0.718. The number of hydrogen-bond donors (Lipinski definition) is 0. The second-order valence-corrected chi connectivity index (χ2v) is 6.71. The second-order valence-electron chi connectivity index (χ2n) is 6.71. The summed E-state index contributed by atoms with van der Waals surface area (Å²) in [5, 5.41) is 0. The molecule has 1 aliphatic heterocycles. The first kappa shape index (κ1) is 20.7. The van der Waals surface area contributed by atoms with Crippen LogP contribution >= 0.6 is 0 Å². The van der Waals surface area contributed by atoms with Gasteiger partial charge in [0.2, 0.25) is 5.75 Å². The summed E-state index contributed by atoms with van der Waals surface area (Å²) in [6.45, 7) is 9.13.